The van der Waals surface area contributed by atoms with Crippen LogP contribution < -0.4 is 5.32 Å². The van der Waals surface area contributed by atoms with Crippen molar-refractivity contribution < 1.29 is 9.13 Å². The van der Waals surface area contributed by atoms with E-state index in [-0.39, 0.29) is 11.9 Å². The molecule has 1 aliphatic rings. The van der Waals surface area contributed by atoms with Gasteiger partial charge < -0.3 is 15.0 Å². The van der Waals surface area contributed by atoms with Crippen molar-refractivity contribution in [2.75, 3.05) is 20.7 Å². The molecule has 0 amide bonds. The number of nitrogens with one attached hydrogen (secondary N) is 1. The highest BCUT2D eigenvalue weighted by atomic mass is 19.1. The van der Waals surface area contributed by atoms with E-state index in [9.17, 15) is 4.39 Å². The number of hydrogen-bond donors (Lipinski definition) is 1. The molecule has 0 bridgehead atoms. The summed E-state index contributed by atoms with van der Waals surface area (Å²) >= 11 is 0. The fourth-order valence-corrected chi connectivity index (χ4v) is 2.42. The Hall–Kier alpha value is -0.970. The van der Waals surface area contributed by atoms with Crippen molar-refractivity contribution in [2.45, 2.75) is 38.6 Å². The lowest BCUT2D eigenvalue weighted by Gasteiger charge is -2.16. The quantitative estimate of drug-likeness (QED) is 0.884. The number of ether oxygens (including phenoxy) is 1. The minimum Gasteiger partial charge on any atom is -0.377 e. The van der Waals surface area contributed by atoms with Crippen LogP contribution in [0.15, 0.2) is 18.2 Å². The molecule has 2 rings (SSSR count). The van der Waals surface area contributed by atoms with Crippen LogP contribution in [0.4, 0.5) is 4.39 Å². The van der Waals surface area contributed by atoms with Crippen LogP contribution in [-0.4, -0.2) is 37.7 Å². The standard InChI is InChI=1S/C15H23FN2O/c1-11-15(6-7-19-11)17-9-12-4-5-13(10-18(2)3)14(16)8-12/h4-5,8,11,15,17H,6-7,9-10H2,1-3H3/t11-,15-/m0/s1. The molecule has 19 heavy (non-hydrogen) atoms. The minimum atomic E-state index is -0.122. The SMILES string of the molecule is C[C@@H]1OCC[C@@H]1NCc1ccc(CN(C)C)c(F)c1. The average molecular weight is 266 g/mol. The zero-order valence-electron chi connectivity index (χ0n) is 11.9. The smallest absolute Gasteiger partial charge is 0.128 e. The summed E-state index contributed by atoms with van der Waals surface area (Å²) in [5.41, 5.74) is 1.73. The molecule has 106 valence electrons. The lowest BCUT2D eigenvalue weighted by Crippen LogP contribution is -2.34. The highest BCUT2D eigenvalue weighted by Gasteiger charge is 2.23. The third-order valence-electron chi connectivity index (χ3n) is 3.55. The molecule has 1 aromatic carbocycles. The molecule has 0 saturated carbocycles. The summed E-state index contributed by atoms with van der Waals surface area (Å²) in [4.78, 5) is 1.97. The average Bonchev–Trinajstić information content (AvgIpc) is 2.75. The van der Waals surface area contributed by atoms with E-state index < -0.39 is 0 Å². The number of benzene rings is 1. The van der Waals surface area contributed by atoms with Crippen LogP contribution in [0, 0.1) is 5.82 Å². The van der Waals surface area contributed by atoms with Gasteiger partial charge in [0.15, 0.2) is 0 Å². The van der Waals surface area contributed by atoms with Gasteiger partial charge >= 0.3 is 0 Å². The van der Waals surface area contributed by atoms with E-state index in [1.165, 1.54) is 0 Å². The Morgan fingerprint density at radius 1 is 1.42 bits per heavy atom. The molecular weight excluding hydrogens is 243 g/mol. The van der Waals surface area contributed by atoms with Crippen LogP contribution in [0.2, 0.25) is 0 Å². The molecule has 0 unspecified atom stereocenters. The number of hydrogen-bond acceptors (Lipinski definition) is 3. The van der Waals surface area contributed by atoms with Gasteiger partial charge in [0.1, 0.15) is 5.82 Å². The molecule has 1 fully saturated rings. The van der Waals surface area contributed by atoms with Crippen LogP contribution in [0.1, 0.15) is 24.5 Å². The number of halogens is 1. The van der Waals surface area contributed by atoms with Crippen LogP contribution >= 0.6 is 0 Å². The summed E-state index contributed by atoms with van der Waals surface area (Å²) in [6.45, 7) is 4.21. The third-order valence-corrected chi connectivity index (χ3v) is 3.55. The van der Waals surface area contributed by atoms with Crippen molar-refractivity contribution in [3.63, 3.8) is 0 Å². The first-order chi connectivity index (χ1) is 9.06. The van der Waals surface area contributed by atoms with Gasteiger partial charge in [-0.3, -0.25) is 0 Å². The number of rotatable bonds is 5. The van der Waals surface area contributed by atoms with Gasteiger partial charge in [-0.1, -0.05) is 12.1 Å². The van der Waals surface area contributed by atoms with E-state index in [0.717, 1.165) is 24.2 Å². The van der Waals surface area contributed by atoms with Gasteiger partial charge in [-0.2, -0.15) is 0 Å². The molecule has 0 radical (unpaired) electrons. The van der Waals surface area contributed by atoms with Crippen molar-refractivity contribution in [1.29, 1.82) is 0 Å². The molecule has 0 spiro atoms. The summed E-state index contributed by atoms with van der Waals surface area (Å²) in [5.74, 6) is -0.122. The Kier molecular flexibility index (Phi) is 4.91. The Morgan fingerprint density at radius 2 is 2.21 bits per heavy atom. The second-order valence-electron chi connectivity index (χ2n) is 5.52. The molecular formula is C15H23FN2O. The molecule has 0 aliphatic carbocycles. The lowest BCUT2D eigenvalue weighted by molar-refractivity contribution is 0.113. The molecule has 1 saturated heterocycles. The largest absolute Gasteiger partial charge is 0.377 e. The summed E-state index contributed by atoms with van der Waals surface area (Å²) in [6, 6.07) is 5.88. The Labute approximate surface area is 114 Å². The fraction of sp³-hybridized carbons (Fsp3) is 0.600. The van der Waals surface area contributed by atoms with Crippen molar-refractivity contribution >= 4 is 0 Å². The van der Waals surface area contributed by atoms with Crippen molar-refractivity contribution in [2.24, 2.45) is 0 Å². The summed E-state index contributed by atoms with van der Waals surface area (Å²) < 4.78 is 19.4. The van der Waals surface area contributed by atoms with E-state index in [1.807, 2.05) is 31.1 Å². The maximum absolute atomic E-state index is 13.9. The van der Waals surface area contributed by atoms with Gasteiger partial charge in [0, 0.05) is 31.3 Å². The van der Waals surface area contributed by atoms with Gasteiger partial charge in [0.25, 0.3) is 0 Å². The second-order valence-corrected chi connectivity index (χ2v) is 5.52. The third kappa shape index (κ3) is 4.00. The van der Waals surface area contributed by atoms with Crippen LogP contribution in [-0.2, 0) is 17.8 Å². The Balaban J connectivity index is 1.92. The number of nitrogens with zero attached hydrogens (tertiary/aromatic N) is 1. The summed E-state index contributed by atoms with van der Waals surface area (Å²) in [7, 11) is 3.88. The van der Waals surface area contributed by atoms with E-state index >= 15 is 0 Å². The molecule has 2 atom stereocenters. The highest BCUT2D eigenvalue weighted by molar-refractivity contribution is 5.24. The first-order valence-electron chi connectivity index (χ1n) is 6.83. The maximum Gasteiger partial charge on any atom is 0.128 e. The maximum atomic E-state index is 13.9. The molecule has 1 aliphatic heterocycles. The van der Waals surface area contributed by atoms with E-state index in [0.29, 0.717) is 19.1 Å². The lowest BCUT2D eigenvalue weighted by atomic mass is 10.1. The zero-order valence-corrected chi connectivity index (χ0v) is 11.9. The van der Waals surface area contributed by atoms with Gasteiger partial charge in [-0.05, 0) is 39.1 Å². The van der Waals surface area contributed by atoms with Crippen LogP contribution in [0.5, 0.6) is 0 Å². The second kappa shape index (κ2) is 6.46. The topological polar surface area (TPSA) is 24.5 Å². The highest BCUT2D eigenvalue weighted by Crippen LogP contribution is 2.15. The first kappa shape index (κ1) is 14.4. The van der Waals surface area contributed by atoms with Crippen molar-refractivity contribution in [3.8, 4) is 0 Å². The molecule has 1 N–H and O–H groups in total. The molecule has 3 nitrogen and oxygen atoms in total. The Morgan fingerprint density at radius 3 is 2.79 bits per heavy atom. The fourth-order valence-electron chi connectivity index (χ4n) is 2.42. The van der Waals surface area contributed by atoms with Gasteiger partial charge in [-0.15, -0.1) is 0 Å². The molecule has 1 heterocycles. The molecule has 1 aromatic rings. The predicted octanol–water partition coefficient (Wildman–Crippen LogP) is 2.15. The van der Waals surface area contributed by atoms with Gasteiger partial charge in [0.2, 0.25) is 0 Å². The normalized spacial score (nSPS) is 23.2. The van der Waals surface area contributed by atoms with Crippen molar-refractivity contribution in [3.05, 3.63) is 35.1 Å². The van der Waals surface area contributed by atoms with E-state index in [4.69, 9.17) is 4.74 Å². The monoisotopic (exact) mass is 266 g/mol. The van der Waals surface area contributed by atoms with Crippen molar-refractivity contribution in [1.82, 2.24) is 10.2 Å². The first-order valence-corrected chi connectivity index (χ1v) is 6.83. The van der Waals surface area contributed by atoms with Crippen LogP contribution in [0.3, 0.4) is 0 Å². The van der Waals surface area contributed by atoms with Gasteiger partial charge in [0.05, 0.1) is 6.10 Å². The zero-order chi connectivity index (χ0) is 13.8. The van der Waals surface area contributed by atoms with E-state index in [1.54, 1.807) is 6.07 Å². The predicted molar refractivity (Wildman–Crippen MR) is 74.4 cm³/mol. The summed E-state index contributed by atoms with van der Waals surface area (Å²) in [6.07, 6.45) is 1.28. The molecule has 4 heteroatoms. The minimum absolute atomic E-state index is 0.122. The van der Waals surface area contributed by atoms with Crippen LogP contribution in [0.25, 0.3) is 0 Å². The molecule has 0 aromatic heterocycles. The summed E-state index contributed by atoms with van der Waals surface area (Å²) in [5, 5.41) is 3.43. The van der Waals surface area contributed by atoms with Gasteiger partial charge in [-0.25, -0.2) is 4.39 Å². The Bertz CT molecular complexity index is 423. The van der Waals surface area contributed by atoms with E-state index in [2.05, 4.69) is 12.2 Å².